The summed E-state index contributed by atoms with van der Waals surface area (Å²) in [4.78, 5) is 14.7. The van der Waals surface area contributed by atoms with Gasteiger partial charge in [0.25, 0.3) is 0 Å². The highest BCUT2D eigenvalue weighted by molar-refractivity contribution is 9.10. The smallest absolute Gasteiger partial charge is 0.404 e. The van der Waals surface area contributed by atoms with Gasteiger partial charge in [-0.2, -0.15) is 0 Å². The molecule has 1 aromatic carbocycles. The minimum atomic E-state index is -1.05. The zero-order valence-corrected chi connectivity index (χ0v) is 9.86. The average molecular weight is 281 g/mol. The first-order valence-corrected chi connectivity index (χ1v) is 5.46. The Hall–Kier alpha value is -1.62. The van der Waals surface area contributed by atoms with Gasteiger partial charge in [0.1, 0.15) is 0 Å². The number of carbonyl (C=O) groups is 1. The van der Waals surface area contributed by atoms with E-state index >= 15 is 0 Å². The fourth-order valence-corrected chi connectivity index (χ4v) is 1.75. The third-order valence-electron chi connectivity index (χ3n) is 2.13. The highest BCUT2D eigenvalue weighted by Gasteiger charge is 2.00. The molecule has 0 spiro atoms. The van der Waals surface area contributed by atoms with Gasteiger partial charge in [0, 0.05) is 9.86 Å². The van der Waals surface area contributed by atoms with Crippen LogP contribution in [0.1, 0.15) is 5.69 Å². The Morgan fingerprint density at radius 1 is 1.38 bits per heavy atom. The van der Waals surface area contributed by atoms with E-state index in [0.29, 0.717) is 5.69 Å². The molecular formula is C11H9BrN2O2. The normalized spacial score (nSPS) is 10.3. The van der Waals surface area contributed by atoms with Crippen molar-refractivity contribution in [1.29, 1.82) is 0 Å². The Balaban J connectivity index is 2.31. The monoisotopic (exact) mass is 280 g/mol. The van der Waals surface area contributed by atoms with Gasteiger partial charge < -0.3 is 10.4 Å². The molecule has 0 bridgehead atoms. The minimum Gasteiger partial charge on any atom is -0.465 e. The van der Waals surface area contributed by atoms with Crippen molar-refractivity contribution >= 4 is 32.9 Å². The number of hydrogen-bond acceptors (Lipinski definition) is 2. The van der Waals surface area contributed by atoms with Crippen molar-refractivity contribution in [3.63, 3.8) is 0 Å². The molecule has 0 aliphatic heterocycles. The van der Waals surface area contributed by atoms with E-state index in [4.69, 9.17) is 5.11 Å². The molecule has 0 aliphatic carbocycles. The van der Waals surface area contributed by atoms with E-state index in [1.165, 1.54) is 0 Å². The lowest BCUT2D eigenvalue weighted by molar-refractivity contribution is 0.194. The molecular weight excluding hydrogens is 272 g/mol. The second-order valence-electron chi connectivity index (χ2n) is 3.30. The molecule has 16 heavy (non-hydrogen) atoms. The van der Waals surface area contributed by atoms with E-state index in [1.807, 2.05) is 30.3 Å². The lowest BCUT2D eigenvalue weighted by atomic mass is 10.2. The van der Waals surface area contributed by atoms with Crippen molar-refractivity contribution in [2.45, 2.75) is 6.54 Å². The van der Waals surface area contributed by atoms with Crippen LogP contribution in [0.2, 0.25) is 0 Å². The SMILES string of the molecule is O=C(O)NCc1ccc2ccc(Br)cc2n1. The number of benzene rings is 1. The number of pyridine rings is 1. The molecule has 1 amide bonds. The zero-order chi connectivity index (χ0) is 11.5. The Labute approximate surface area is 100 Å². The number of amides is 1. The van der Waals surface area contributed by atoms with E-state index in [-0.39, 0.29) is 6.54 Å². The quantitative estimate of drug-likeness (QED) is 0.889. The Morgan fingerprint density at radius 3 is 2.88 bits per heavy atom. The molecule has 0 aliphatic rings. The number of carboxylic acid groups (broad SMARTS) is 1. The van der Waals surface area contributed by atoms with E-state index < -0.39 is 6.09 Å². The van der Waals surface area contributed by atoms with E-state index in [2.05, 4.69) is 26.2 Å². The maximum Gasteiger partial charge on any atom is 0.404 e. The van der Waals surface area contributed by atoms with Crippen LogP contribution in [0.15, 0.2) is 34.8 Å². The number of fused-ring (bicyclic) bond motifs is 1. The Bertz CT molecular complexity index is 542. The van der Waals surface area contributed by atoms with Crippen LogP contribution < -0.4 is 5.32 Å². The second-order valence-corrected chi connectivity index (χ2v) is 4.21. The van der Waals surface area contributed by atoms with E-state index in [1.54, 1.807) is 0 Å². The van der Waals surface area contributed by atoms with Gasteiger partial charge in [-0.1, -0.05) is 28.1 Å². The van der Waals surface area contributed by atoms with E-state index in [0.717, 1.165) is 15.4 Å². The molecule has 1 aromatic heterocycles. The number of rotatable bonds is 2. The summed E-state index contributed by atoms with van der Waals surface area (Å²) < 4.78 is 0.954. The number of nitrogens with zero attached hydrogens (tertiary/aromatic N) is 1. The van der Waals surface area contributed by atoms with Crippen LogP contribution in [0.4, 0.5) is 4.79 Å². The molecule has 2 aromatic rings. The van der Waals surface area contributed by atoms with Crippen molar-refractivity contribution in [1.82, 2.24) is 10.3 Å². The topological polar surface area (TPSA) is 62.2 Å². The summed E-state index contributed by atoms with van der Waals surface area (Å²) >= 11 is 3.37. The number of aromatic nitrogens is 1. The van der Waals surface area contributed by atoms with Gasteiger partial charge in [-0.05, 0) is 18.2 Å². The summed E-state index contributed by atoms with van der Waals surface area (Å²) in [6.45, 7) is 0.220. The van der Waals surface area contributed by atoms with Crippen LogP contribution in [0.5, 0.6) is 0 Å². The molecule has 0 saturated carbocycles. The fraction of sp³-hybridized carbons (Fsp3) is 0.0909. The standard InChI is InChI=1S/C11H9BrN2O2/c12-8-3-1-7-2-4-9(6-13-11(15)16)14-10(7)5-8/h1-5,13H,6H2,(H,15,16). The zero-order valence-electron chi connectivity index (χ0n) is 8.27. The Kier molecular flexibility index (Phi) is 3.05. The third-order valence-corrected chi connectivity index (χ3v) is 2.63. The van der Waals surface area contributed by atoms with Crippen molar-refractivity contribution in [2.75, 3.05) is 0 Å². The summed E-state index contributed by atoms with van der Waals surface area (Å²) in [5, 5.41) is 11.8. The largest absolute Gasteiger partial charge is 0.465 e. The van der Waals surface area contributed by atoms with Gasteiger partial charge in [0.2, 0.25) is 0 Å². The fourth-order valence-electron chi connectivity index (χ4n) is 1.40. The van der Waals surface area contributed by atoms with Gasteiger partial charge in [0.15, 0.2) is 0 Å². The summed E-state index contributed by atoms with van der Waals surface area (Å²) in [5.41, 5.74) is 1.55. The summed E-state index contributed by atoms with van der Waals surface area (Å²) in [6, 6.07) is 9.54. The molecule has 5 heteroatoms. The first kappa shape index (κ1) is 10.9. The van der Waals surface area contributed by atoms with Gasteiger partial charge in [-0.25, -0.2) is 4.79 Å². The van der Waals surface area contributed by atoms with E-state index in [9.17, 15) is 4.79 Å². The molecule has 4 nitrogen and oxygen atoms in total. The van der Waals surface area contributed by atoms with Crippen LogP contribution in [-0.2, 0) is 6.54 Å². The molecule has 2 rings (SSSR count). The predicted molar refractivity (Wildman–Crippen MR) is 64.3 cm³/mol. The number of nitrogens with one attached hydrogen (secondary N) is 1. The predicted octanol–water partition coefficient (Wildman–Crippen LogP) is 2.76. The summed E-state index contributed by atoms with van der Waals surface area (Å²) in [6.07, 6.45) is -1.05. The molecule has 0 unspecified atom stereocenters. The first-order valence-electron chi connectivity index (χ1n) is 4.67. The van der Waals surface area contributed by atoms with Crippen LogP contribution in [-0.4, -0.2) is 16.2 Å². The maximum absolute atomic E-state index is 10.3. The van der Waals surface area contributed by atoms with Crippen LogP contribution in [0.25, 0.3) is 10.9 Å². The summed E-state index contributed by atoms with van der Waals surface area (Å²) in [7, 11) is 0. The van der Waals surface area contributed by atoms with Crippen molar-refractivity contribution in [2.24, 2.45) is 0 Å². The van der Waals surface area contributed by atoms with Crippen LogP contribution in [0.3, 0.4) is 0 Å². The molecule has 82 valence electrons. The number of hydrogen-bond donors (Lipinski definition) is 2. The lowest BCUT2D eigenvalue weighted by Crippen LogP contribution is -2.20. The lowest BCUT2D eigenvalue weighted by Gasteiger charge is -2.03. The van der Waals surface area contributed by atoms with Crippen molar-refractivity contribution in [3.8, 4) is 0 Å². The first-order chi connectivity index (χ1) is 7.65. The Morgan fingerprint density at radius 2 is 2.12 bits per heavy atom. The molecule has 0 atom stereocenters. The van der Waals surface area contributed by atoms with Gasteiger partial charge >= 0.3 is 6.09 Å². The molecule has 0 radical (unpaired) electrons. The van der Waals surface area contributed by atoms with Gasteiger partial charge in [-0.15, -0.1) is 0 Å². The molecule has 2 N–H and O–H groups in total. The number of halogens is 1. The highest BCUT2D eigenvalue weighted by atomic mass is 79.9. The average Bonchev–Trinajstić information content (AvgIpc) is 2.25. The van der Waals surface area contributed by atoms with Gasteiger partial charge in [-0.3, -0.25) is 4.98 Å². The summed E-state index contributed by atoms with van der Waals surface area (Å²) in [5.74, 6) is 0. The molecule has 1 heterocycles. The highest BCUT2D eigenvalue weighted by Crippen LogP contribution is 2.18. The molecule has 0 saturated heterocycles. The van der Waals surface area contributed by atoms with Crippen molar-refractivity contribution in [3.05, 3.63) is 40.5 Å². The second kappa shape index (κ2) is 4.49. The van der Waals surface area contributed by atoms with Gasteiger partial charge in [0.05, 0.1) is 17.8 Å². The van der Waals surface area contributed by atoms with Crippen LogP contribution >= 0.6 is 15.9 Å². The minimum absolute atomic E-state index is 0.220. The maximum atomic E-state index is 10.3. The third kappa shape index (κ3) is 2.49. The van der Waals surface area contributed by atoms with Crippen molar-refractivity contribution < 1.29 is 9.90 Å². The van der Waals surface area contributed by atoms with Crippen LogP contribution in [0, 0.1) is 0 Å². The molecule has 0 fully saturated rings.